The van der Waals surface area contributed by atoms with E-state index in [4.69, 9.17) is 0 Å². The van der Waals surface area contributed by atoms with E-state index in [1.54, 1.807) is 17.1 Å². The summed E-state index contributed by atoms with van der Waals surface area (Å²) in [5, 5.41) is 7.25. The maximum Gasteiger partial charge on any atom is 0.153 e. The lowest BCUT2D eigenvalue weighted by atomic mass is 10.2. The number of pyridine rings is 1. The summed E-state index contributed by atoms with van der Waals surface area (Å²) in [5.41, 5.74) is 1.44. The van der Waals surface area contributed by atoms with E-state index in [1.165, 1.54) is 12.1 Å². The zero-order valence-corrected chi connectivity index (χ0v) is 11.7. The van der Waals surface area contributed by atoms with Gasteiger partial charge in [-0.3, -0.25) is 0 Å². The average molecular weight is 300 g/mol. The quantitative estimate of drug-likeness (QED) is 0.788. The molecule has 0 spiro atoms. The molecule has 0 unspecified atom stereocenters. The number of rotatable bonds is 5. The molecule has 112 valence electrons. The minimum atomic E-state index is -0.570. The van der Waals surface area contributed by atoms with E-state index < -0.39 is 11.6 Å². The van der Waals surface area contributed by atoms with Crippen LogP contribution in [-0.2, 0) is 13.1 Å². The maximum atomic E-state index is 13.5. The molecular weight excluding hydrogens is 286 g/mol. The molecule has 0 aliphatic heterocycles. The molecule has 1 N–H and O–H groups in total. The Hall–Kier alpha value is -2.60. The standard InChI is InChI=1S/C16H14F2N4/c17-14-3-2-13(15(18)9-14)11-19-10-12-4-6-20-16(8-12)22-7-1-5-21-22/h1-9,19H,10-11H2. The lowest BCUT2D eigenvalue weighted by molar-refractivity contribution is 0.560. The number of benzene rings is 1. The van der Waals surface area contributed by atoms with Gasteiger partial charge in [0, 0.05) is 43.3 Å². The Balaban J connectivity index is 1.63. The molecule has 1 aromatic carbocycles. The normalized spacial score (nSPS) is 10.8. The number of nitrogens with one attached hydrogen (secondary N) is 1. The molecular formula is C16H14F2N4. The molecule has 0 fully saturated rings. The Morgan fingerprint density at radius 2 is 1.95 bits per heavy atom. The van der Waals surface area contributed by atoms with Crippen LogP contribution in [-0.4, -0.2) is 14.8 Å². The van der Waals surface area contributed by atoms with Gasteiger partial charge in [-0.1, -0.05) is 6.07 Å². The van der Waals surface area contributed by atoms with Gasteiger partial charge >= 0.3 is 0 Å². The van der Waals surface area contributed by atoms with Crippen LogP contribution in [0.4, 0.5) is 8.78 Å². The summed E-state index contributed by atoms with van der Waals surface area (Å²) in [6.45, 7) is 0.874. The first-order chi connectivity index (χ1) is 10.7. The van der Waals surface area contributed by atoms with Gasteiger partial charge in [0.05, 0.1) is 0 Å². The molecule has 0 radical (unpaired) electrons. The lowest BCUT2D eigenvalue weighted by Gasteiger charge is -2.07. The van der Waals surface area contributed by atoms with Crippen LogP contribution in [0.1, 0.15) is 11.1 Å². The van der Waals surface area contributed by atoms with Gasteiger partial charge in [-0.15, -0.1) is 0 Å². The summed E-state index contributed by atoms with van der Waals surface area (Å²) in [6.07, 6.45) is 5.20. The van der Waals surface area contributed by atoms with Gasteiger partial charge in [0.15, 0.2) is 5.82 Å². The first-order valence-corrected chi connectivity index (χ1v) is 6.82. The SMILES string of the molecule is Fc1ccc(CNCc2ccnc(-n3cccn3)c2)c(F)c1. The third-order valence-electron chi connectivity index (χ3n) is 3.21. The zero-order valence-electron chi connectivity index (χ0n) is 11.7. The molecule has 0 saturated carbocycles. The van der Waals surface area contributed by atoms with Crippen molar-refractivity contribution in [2.75, 3.05) is 0 Å². The van der Waals surface area contributed by atoms with Crippen molar-refractivity contribution in [1.29, 1.82) is 0 Å². The largest absolute Gasteiger partial charge is 0.309 e. The molecule has 6 heteroatoms. The molecule has 3 aromatic rings. The first kappa shape index (κ1) is 14.3. The van der Waals surface area contributed by atoms with Crippen LogP contribution in [0, 0.1) is 11.6 Å². The second-order valence-corrected chi connectivity index (χ2v) is 4.81. The molecule has 2 heterocycles. The predicted octanol–water partition coefficient (Wildman–Crippen LogP) is 2.84. The number of halogens is 2. The fourth-order valence-corrected chi connectivity index (χ4v) is 2.11. The van der Waals surface area contributed by atoms with Crippen molar-refractivity contribution in [3.63, 3.8) is 0 Å². The highest BCUT2D eigenvalue weighted by Crippen LogP contribution is 2.10. The number of hydrogen-bond acceptors (Lipinski definition) is 3. The van der Waals surface area contributed by atoms with E-state index in [-0.39, 0.29) is 0 Å². The van der Waals surface area contributed by atoms with E-state index in [0.29, 0.717) is 18.7 Å². The van der Waals surface area contributed by atoms with Crippen LogP contribution in [0.15, 0.2) is 55.0 Å². The van der Waals surface area contributed by atoms with Crippen LogP contribution < -0.4 is 5.32 Å². The van der Waals surface area contributed by atoms with Crippen LogP contribution >= 0.6 is 0 Å². The third kappa shape index (κ3) is 3.35. The Morgan fingerprint density at radius 1 is 1.05 bits per heavy atom. The molecule has 3 rings (SSSR count). The van der Waals surface area contributed by atoms with Crippen molar-refractivity contribution in [2.24, 2.45) is 0 Å². The second kappa shape index (κ2) is 6.44. The van der Waals surface area contributed by atoms with E-state index >= 15 is 0 Å². The number of aromatic nitrogens is 3. The predicted molar refractivity (Wildman–Crippen MR) is 78.3 cm³/mol. The van der Waals surface area contributed by atoms with Crippen molar-refractivity contribution in [3.05, 3.63) is 77.8 Å². The van der Waals surface area contributed by atoms with E-state index in [2.05, 4.69) is 15.4 Å². The van der Waals surface area contributed by atoms with Gasteiger partial charge in [-0.2, -0.15) is 5.10 Å². The van der Waals surface area contributed by atoms with Crippen molar-refractivity contribution in [3.8, 4) is 5.82 Å². The van der Waals surface area contributed by atoms with Gasteiger partial charge in [0.25, 0.3) is 0 Å². The summed E-state index contributed by atoms with van der Waals surface area (Å²) in [5.74, 6) is -0.393. The van der Waals surface area contributed by atoms with Gasteiger partial charge in [-0.05, 0) is 29.8 Å². The van der Waals surface area contributed by atoms with E-state index in [1.807, 2.05) is 24.4 Å². The van der Waals surface area contributed by atoms with Gasteiger partial charge in [-0.25, -0.2) is 18.4 Å². The van der Waals surface area contributed by atoms with Gasteiger partial charge < -0.3 is 5.32 Å². The topological polar surface area (TPSA) is 42.7 Å². The first-order valence-electron chi connectivity index (χ1n) is 6.82. The molecule has 2 aromatic heterocycles. The van der Waals surface area contributed by atoms with Gasteiger partial charge in [0.1, 0.15) is 11.6 Å². The van der Waals surface area contributed by atoms with E-state index in [0.717, 1.165) is 17.4 Å². The summed E-state index contributed by atoms with van der Waals surface area (Å²) in [4.78, 5) is 4.24. The molecule has 0 aliphatic rings. The van der Waals surface area contributed by atoms with Crippen LogP contribution in [0.3, 0.4) is 0 Å². The van der Waals surface area contributed by atoms with Crippen molar-refractivity contribution in [2.45, 2.75) is 13.1 Å². The lowest BCUT2D eigenvalue weighted by Crippen LogP contribution is -2.14. The molecule has 0 saturated heterocycles. The summed E-state index contributed by atoms with van der Waals surface area (Å²) < 4.78 is 28.0. The average Bonchev–Trinajstić information content (AvgIpc) is 3.04. The second-order valence-electron chi connectivity index (χ2n) is 4.81. The smallest absolute Gasteiger partial charge is 0.153 e. The zero-order chi connectivity index (χ0) is 15.4. The van der Waals surface area contributed by atoms with Crippen LogP contribution in [0.2, 0.25) is 0 Å². The monoisotopic (exact) mass is 300 g/mol. The van der Waals surface area contributed by atoms with Crippen molar-refractivity contribution >= 4 is 0 Å². The van der Waals surface area contributed by atoms with E-state index in [9.17, 15) is 8.78 Å². The van der Waals surface area contributed by atoms with Crippen molar-refractivity contribution < 1.29 is 8.78 Å². The minimum absolute atomic E-state index is 0.325. The molecule has 0 bridgehead atoms. The Kier molecular flexibility index (Phi) is 4.20. The van der Waals surface area contributed by atoms with Crippen molar-refractivity contribution in [1.82, 2.24) is 20.1 Å². The molecule has 22 heavy (non-hydrogen) atoms. The highest BCUT2D eigenvalue weighted by atomic mass is 19.1. The molecule has 0 aliphatic carbocycles. The maximum absolute atomic E-state index is 13.5. The Labute approximate surface area is 126 Å². The minimum Gasteiger partial charge on any atom is -0.309 e. The third-order valence-corrected chi connectivity index (χ3v) is 3.21. The van der Waals surface area contributed by atoms with Gasteiger partial charge in [0.2, 0.25) is 0 Å². The Bertz CT molecular complexity index is 757. The molecule has 4 nitrogen and oxygen atoms in total. The number of nitrogens with zero attached hydrogens (tertiary/aromatic N) is 3. The summed E-state index contributed by atoms with van der Waals surface area (Å²) in [6, 6.07) is 9.19. The number of hydrogen-bond donors (Lipinski definition) is 1. The molecule has 0 amide bonds. The summed E-state index contributed by atoms with van der Waals surface area (Å²) in [7, 11) is 0. The Morgan fingerprint density at radius 3 is 2.73 bits per heavy atom. The fourth-order valence-electron chi connectivity index (χ4n) is 2.11. The van der Waals surface area contributed by atoms with Crippen LogP contribution in [0.25, 0.3) is 5.82 Å². The fraction of sp³-hybridized carbons (Fsp3) is 0.125. The summed E-state index contributed by atoms with van der Waals surface area (Å²) >= 11 is 0. The van der Waals surface area contributed by atoms with Crippen LogP contribution in [0.5, 0.6) is 0 Å². The molecule has 0 atom stereocenters. The highest BCUT2D eigenvalue weighted by Gasteiger charge is 2.04. The highest BCUT2D eigenvalue weighted by molar-refractivity contribution is 5.27.